The lowest BCUT2D eigenvalue weighted by Crippen LogP contribution is -2.43. The molecule has 0 aliphatic heterocycles. The van der Waals surface area contributed by atoms with Crippen LogP contribution in [0.3, 0.4) is 0 Å². The first-order chi connectivity index (χ1) is 11.5. The van der Waals surface area contributed by atoms with Crippen LogP contribution in [0.25, 0.3) is 0 Å². The summed E-state index contributed by atoms with van der Waals surface area (Å²) < 4.78 is 5.39. The number of nitrogens with zero attached hydrogens (tertiary/aromatic N) is 1. The molecule has 5 nitrogen and oxygen atoms in total. The van der Waals surface area contributed by atoms with Crippen molar-refractivity contribution in [2.75, 3.05) is 7.05 Å². The van der Waals surface area contributed by atoms with E-state index in [4.69, 9.17) is 10.2 Å². The summed E-state index contributed by atoms with van der Waals surface area (Å²) in [6, 6.07) is 11.5. The molecule has 1 atom stereocenters. The highest BCUT2D eigenvalue weighted by molar-refractivity contribution is 5.85. The number of benzene rings is 1. The molecule has 0 bridgehead atoms. The summed E-state index contributed by atoms with van der Waals surface area (Å²) in [7, 11) is 2.05. The zero-order chi connectivity index (χ0) is 17.5. The number of halogens is 1. The molecule has 6 heteroatoms. The van der Waals surface area contributed by atoms with Gasteiger partial charge in [0.25, 0.3) is 0 Å². The molecular formula is C19H28ClN3O2. The van der Waals surface area contributed by atoms with E-state index in [0.29, 0.717) is 6.54 Å². The topological polar surface area (TPSA) is 71.5 Å². The van der Waals surface area contributed by atoms with Gasteiger partial charge in [-0.2, -0.15) is 0 Å². The zero-order valence-electron chi connectivity index (χ0n) is 15.1. The summed E-state index contributed by atoms with van der Waals surface area (Å²) in [6.07, 6.45) is 1.69. The lowest BCUT2D eigenvalue weighted by Gasteiger charge is -2.19. The molecule has 1 aromatic heterocycles. The van der Waals surface area contributed by atoms with Crippen molar-refractivity contribution in [2.24, 2.45) is 11.7 Å². The van der Waals surface area contributed by atoms with Gasteiger partial charge >= 0.3 is 0 Å². The maximum Gasteiger partial charge on any atom is 0.237 e. The van der Waals surface area contributed by atoms with Crippen molar-refractivity contribution in [3.63, 3.8) is 0 Å². The zero-order valence-corrected chi connectivity index (χ0v) is 15.9. The molecule has 2 aromatic rings. The molecule has 3 N–H and O–H groups in total. The second kappa shape index (κ2) is 10.2. The number of carbonyl (C=O) groups is 1. The molecule has 25 heavy (non-hydrogen) atoms. The Hall–Kier alpha value is -1.82. The summed E-state index contributed by atoms with van der Waals surface area (Å²) in [5.74, 6) is 0.953. The van der Waals surface area contributed by atoms with Gasteiger partial charge in [-0.25, -0.2) is 0 Å². The second-order valence-corrected chi connectivity index (χ2v) is 6.51. The predicted octanol–water partition coefficient (Wildman–Crippen LogP) is 2.93. The fourth-order valence-corrected chi connectivity index (χ4v) is 2.50. The predicted molar refractivity (Wildman–Crippen MR) is 102 cm³/mol. The van der Waals surface area contributed by atoms with Gasteiger partial charge in [0.05, 0.1) is 18.8 Å². The average molecular weight is 366 g/mol. The maximum absolute atomic E-state index is 12.0. The van der Waals surface area contributed by atoms with E-state index >= 15 is 0 Å². The van der Waals surface area contributed by atoms with E-state index in [0.717, 1.165) is 24.4 Å². The van der Waals surface area contributed by atoms with Crippen LogP contribution in [0, 0.1) is 5.92 Å². The molecule has 0 unspecified atom stereocenters. The summed E-state index contributed by atoms with van der Waals surface area (Å²) in [6.45, 7) is 5.91. The minimum Gasteiger partial charge on any atom is -0.468 e. The van der Waals surface area contributed by atoms with Gasteiger partial charge in [-0.05, 0) is 36.2 Å². The Morgan fingerprint density at radius 2 is 1.84 bits per heavy atom. The molecule has 0 spiro atoms. The van der Waals surface area contributed by atoms with Gasteiger partial charge in [-0.1, -0.05) is 38.1 Å². The number of hydrogen-bond donors (Lipinski definition) is 2. The molecule has 0 aliphatic carbocycles. The van der Waals surface area contributed by atoms with Crippen LogP contribution >= 0.6 is 12.4 Å². The Bertz CT molecular complexity index is 644. The SMILES string of the molecule is CC(C)[C@H](N)C(=O)NCc1ccccc1CN(C)Cc1ccco1.Cl. The third kappa shape index (κ3) is 6.53. The Kier molecular flexibility index (Phi) is 8.69. The van der Waals surface area contributed by atoms with E-state index in [1.54, 1.807) is 6.26 Å². The van der Waals surface area contributed by atoms with Gasteiger partial charge in [-0.15, -0.1) is 12.4 Å². The Morgan fingerprint density at radius 1 is 1.16 bits per heavy atom. The molecule has 2 rings (SSSR count). The summed E-state index contributed by atoms with van der Waals surface area (Å²) >= 11 is 0. The Balaban J connectivity index is 0.00000312. The minimum atomic E-state index is -0.473. The van der Waals surface area contributed by atoms with Crippen LogP contribution in [0.2, 0.25) is 0 Å². The van der Waals surface area contributed by atoms with Gasteiger partial charge in [0.1, 0.15) is 5.76 Å². The standard InChI is InChI=1S/C19H27N3O2.ClH/c1-14(2)18(20)19(23)21-11-15-7-4-5-8-16(15)12-22(3)13-17-9-6-10-24-17;/h4-10,14,18H,11-13,20H2,1-3H3,(H,21,23);1H/t18-;/m0./s1. The van der Waals surface area contributed by atoms with Gasteiger partial charge in [0.15, 0.2) is 0 Å². The number of furan rings is 1. The molecule has 138 valence electrons. The van der Waals surface area contributed by atoms with Crippen molar-refractivity contribution < 1.29 is 9.21 Å². The molecule has 1 amide bonds. The van der Waals surface area contributed by atoms with Crippen LogP contribution in [0.4, 0.5) is 0 Å². The van der Waals surface area contributed by atoms with Gasteiger partial charge in [0.2, 0.25) is 5.91 Å². The van der Waals surface area contributed by atoms with E-state index in [9.17, 15) is 4.79 Å². The van der Waals surface area contributed by atoms with E-state index in [-0.39, 0.29) is 24.2 Å². The van der Waals surface area contributed by atoms with Crippen LogP contribution in [-0.4, -0.2) is 23.9 Å². The second-order valence-electron chi connectivity index (χ2n) is 6.51. The molecule has 0 fully saturated rings. The normalized spacial score (nSPS) is 12.1. The van der Waals surface area contributed by atoms with E-state index < -0.39 is 6.04 Å². The minimum absolute atomic E-state index is 0. The lowest BCUT2D eigenvalue weighted by atomic mass is 10.0. The molecule has 0 saturated heterocycles. The van der Waals surface area contributed by atoms with Crippen LogP contribution in [0.1, 0.15) is 30.7 Å². The van der Waals surface area contributed by atoms with E-state index in [1.165, 1.54) is 5.56 Å². The average Bonchev–Trinajstić information content (AvgIpc) is 3.05. The molecule has 1 heterocycles. The fraction of sp³-hybridized carbons (Fsp3) is 0.421. The quantitative estimate of drug-likeness (QED) is 0.754. The monoisotopic (exact) mass is 365 g/mol. The van der Waals surface area contributed by atoms with Crippen LogP contribution in [0.5, 0.6) is 0 Å². The van der Waals surface area contributed by atoms with Crippen molar-refractivity contribution in [2.45, 2.75) is 39.5 Å². The van der Waals surface area contributed by atoms with Gasteiger partial charge < -0.3 is 15.5 Å². The first kappa shape index (κ1) is 21.2. The smallest absolute Gasteiger partial charge is 0.237 e. The van der Waals surface area contributed by atoms with Crippen molar-refractivity contribution in [3.8, 4) is 0 Å². The van der Waals surface area contributed by atoms with Crippen LogP contribution < -0.4 is 11.1 Å². The van der Waals surface area contributed by atoms with E-state index in [2.05, 4.69) is 16.3 Å². The first-order valence-electron chi connectivity index (χ1n) is 8.28. The van der Waals surface area contributed by atoms with Crippen molar-refractivity contribution >= 4 is 18.3 Å². The number of amides is 1. The number of rotatable bonds is 8. The molecule has 0 radical (unpaired) electrons. The maximum atomic E-state index is 12.0. The lowest BCUT2D eigenvalue weighted by molar-refractivity contribution is -0.123. The van der Waals surface area contributed by atoms with Crippen LogP contribution in [-0.2, 0) is 24.4 Å². The number of nitrogens with one attached hydrogen (secondary N) is 1. The molecule has 1 aromatic carbocycles. The first-order valence-corrected chi connectivity index (χ1v) is 8.28. The van der Waals surface area contributed by atoms with E-state index in [1.807, 2.05) is 51.2 Å². The number of carbonyl (C=O) groups excluding carboxylic acids is 1. The highest BCUT2D eigenvalue weighted by atomic mass is 35.5. The molecular weight excluding hydrogens is 338 g/mol. The van der Waals surface area contributed by atoms with Gasteiger partial charge in [0, 0.05) is 13.1 Å². The third-order valence-electron chi connectivity index (χ3n) is 4.04. The third-order valence-corrected chi connectivity index (χ3v) is 4.04. The number of hydrogen-bond acceptors (Lipinski definition) is 4. The fourth-order valence-electron chi connectivity index (χ4n) is 2.50. The summed E-state index contributed by atoms with van der Waals surface area (Å²) in [5, 5.41) is 2.94. The van der Waals surface area contributed by atoms with Crippen molar-refractivity contribution in [1.82, 2.24) is 10.2 Å². The Morgan fingerprint density at radius 3 is 2.44 bits per heavy atom. The number of nitrogens with two attached hydrogens (primary N) is 1. The summed E-state index contributed by atoms with van der Waals surface area (Å²) in [4.78, 5) is 14.2. The van der Waals surface area contributed by atoms with Crippen molar-refractivity contribution in [1.29, 1.82) is 0 Å². The highest BCUT2D eigenvalue weighted by Crippen LogP contribution is 2.13. The largest absolute Gasteiger partial charge is 0.468 e. The highest BCUT2D eigenvalue weighted by Gasteiger charge is 2.17. The Labute approximate surface area is 156 Å². The van der Waals surface area contributed by atoms with Crippen LogP contribution in [0.15, 0.2) is 47.1 Å². The van der Waals surface area contributed by atoms with Crippen molar-refractivity contribution in [3.05, 3.63) is 59.5 Å². The summed E-state index contributed by atoms with van der Waals surface area (Å²) in [5.41, 5.74) is 8.18. The molecule has 0 saturated carbocycles. The van der Waals surface area contributed by atoms with Gasteiger partial charge in [-0.3, -0.25) is 9.69 Å². The molecule has 0 aliphatic rings.